The fourth-order valence-corrected chi connectivity index (χ4v) is 6.48. The van der Waals surface area contributed by atoms with Gasteiger partial charge in [-0.05, 0) is 52.8 Å². The Bertz CT molecular complexity index is 1010. The summed E-state index contributed by atoms with van der Waals surface area (Å²) in [7, 11) is -1.60. The summed E-state index contributed by atoms with van der Waals surface area (Å²) in [6, 6.07) is 15.1. The minimum atomic E-state index is -1.60. The normalized spacial score (nSPS) is 13.7. The maximum absolute atomic E-state index is 9.88. The lowest BCUT2D eigenvalue weighted by Gasteiger charge is -2.26. The summed E-state index contributed by atoms with van der Waals surface area (Å²) in [5.41, 5.74) is 6.85. The van der Waals surface area contributed by atoms with Gasteiger partial charge in [0.05, 0.1) is 19.2 Å². The Morgan fingerprint density at radius 3 is 2.40 bits per heavy atom. The molecule has 0 radical (unpaired) electrons. The van der Waals surface area contributed by atoms with Crippen LogP contribution in [0.5, 0.6) is 0 Å². The molecular weight excluding hydrogens is 320 g/mol. The van der Waals surface area contributed by atoms with Crippen LogP contribution in [0.2, 0.25) is 19.6 Å². The van der Waals surface area contributed by atoms with Crippen molar-refractivity contribution in [2.75, 3.05) is 0 Å². The maximum Gasteiger partial charge on any atom is 0.102 e. The minimum Gasteiger partial charge on any atom is -0.255 e. The summed E-state index contributed by atoms with van der Waals surface area (Å²) in [5, 5.41) is 12.6. The molecule has 1 heterocycles. The number of pyridine rings is 1. The number of nitriles is 1. The molecule has 124 valence electrons. The number of hydrogen-bond acceptors (Lipinski definition) is 2. The molecular formula is C22H22N2Si. The van der Waals surface area contributed by atoms with Crippen molar-refractivity contribution >= 4 is 24.2 Å². The molecule has 0 fully saturated rings. The average Bonchev–Trinajstić information content (AvgIpc) is 3.07. The lowest BCUT2D eigenvalue weighted by molar-refractivity contribution is 0.912. The molecule has 0 saturated heterocycles. The Kier molecular flexibility index (Phi) is 3.74. The van der Waals surface area contributed by atoms with Crippen LogP contribution in [0.1, 0.15) is 23.1 Å². The zero-order valence-electron chi connectivity index (χ0n) is 15.1. The highest BCUT2D eigenvalue weighted by Crippen LogP contribution is 2.36. The van der Waals surface area contributed by atoms with Gasteiger partial charge >= 0.3 is 0 Å². The predicted octanol–water partition coefficient (Wildman–Crippen LogP) is 4.81. The van der Waals surface area contributed by atoms with E-state index < -0.39 is 8.07 Å². The van der Waals surface area contributed by atoms with Crippen molar-refractivity contribution in [3.8, 4) is 17.2 Å². The molecule has 2 aromatic carbocycles. The fraction of sp³-hybridized carbons (Fsp3) is 0.273. The molecule has 1 aliphatic carbocycles. The van der Waals surface area contributed by atoms with Crippen LogP contribution < -0.4 is 5.19 Å². The van der Waals surface area contributed by atoms with Crippen LogP contribution >= 0.6 is 0 Å². The van der Waals surface area contributed by atoms with Crippen molar-refractivity contribution in [3.05, 3.63) is 59.3 Å². The molecule has 1 aromatic heterocycles. The molecule has 2 nitrogen and oxygen atoms in total. The molecule has 3 aromatic rings. The van der Waals surface area contributed by atoms with Gasteiger partial charge in [0, 0.05) is 11.6 Å². The predicted molar refractivity (Wildman–Crippen MR) is 107 cm³/mol. The highest BCUT2D eigenvalue weighted by Gasteiger charge is 2.31. The Hall–Kier alpha value is -2.44. The number of benzene rings is 2. The molecule has 4 rings (SSSR count). The number of aromatic nitrogens is 1. The first-order valence-corrected chi connectivity index (χ1v) is 12.4. The summed E-state index contributed by atoms with van der Waals surface area (Å²) in [6.07, 6.45) is 5.13. The highest BCUT2D eigenvalue weighted by atomic mass is 28.3. The third-order valence-corrected chi connectivity index (χ3v) is 7.26. The van der Waals surface area contributed by atoms with Crippen molar-refractivity contribution in [1.82, 2.24) is 4.98 Å². The SMILES string of the molecule is C[Si](C)(C)c1c2c(c(C#N)c3nccc(-c4ccccc4)c13)CCC2. The van der Waals surface area contributed by atoms with Crippen molar-refractivity contribution < 1.29 is 0 Å². The zero-order valence-corrected chi connectivity index (χ0v) is 16.1. The van der Waals surface area contributed by atoms with Crippen LogP contribution in [-0.2, 0) is 12.8 Å². The lowest BCUT2D eigenvalue weighted by Crippen LogP contribution is -2.41. The van der Waals surface area contributed by atoms with Gasteiger partial charge in [-0.1, -0.05) is 50.0 Å². The van der Waals surface area contributed by atoms with Gasteiger partial charge in [-0.2, -0.15) is 5.26 Å². The van der Waals surface area contributed by atoms with Crippen LogP contribution in [0.3, 0.4) is 0 Å². The average molecular weight is 343 g/mol. The largest absolute Gasteiger partial charge is 0.255 e. The first kappa shape index (κ1) is 16.0. The molecule has 25 heavy (non-hydrogen) atoms. The van der Waals surface area contributed by atoms with Gasteiger partial charge in [0.25, 0.3) is 0 Å². The van der Waals surface area contributed by atoms with Crippen LogP contribution in [0.4, 0.5) is 0 Å². The van der Waals surface area contributed by atoms with Crippen molar-refractivity contribution in [2.45, 2.75) is 38.9 Å². The van der Waals surface area contributed by atoms with E-state index in [4.69, 9.17) is 0 Å². The summed E-state index contributed by atoms with van der Waals surface area (Å²) in [4.78, 5) is 4.69. The van der Waals surface area contributed by atoms with E-state index in [1.54, 1.807) is 0 Å². The van der Waals surface area contributed by atoms with Crippen molar-refractivity contribution in [2.24, 2.45) is 0 Å². The molecule has 0 N–H and O–H groups in total. The summed E-state index contributed by atoms with van der Waals surface area (Å²) in [6.45, 7) is 7.23. The standard InChI is InChI=1S/C22H22N2Si/c1-25(2,3)22-18-11-7-10-17(18)19(14-23)21-20(22)16(12-13-24-21)15-8-5-4-6-9-15/h4-6,8-9,12-13H,7,10-11H2,1-3H3. The van der Waals surface area contributed by atoms with E-state index in [1.165, 1.54) is 32.8 Å². The third kappa shape index (κ3) is 2.49. The van der Waals surface area contributed by atoms with Crippen LogP contribution in [0, 0.1) is 11.3 Å². The van der Waals surface area contributed by atoms with Crippen LogP contribution in [0.15, 0.2) is 42.6 Å². The van der Waals surface area contributed by atoms with Gasteiger partial charge in [-0.3, -0.25) is 4.98 Å². The van der Waals surface area contributed by atoms with Crippen LogP contribution in [-0.4, -0.2) is 13.1 Å². The van der Waals surface area contributed by atoms with E-state index in [0.717, 1.165) is 30.3 Å². The Balaban J connectivity index is 2.23. The molecule has 0 saturated carbocycles. The number of hydrogen-bond donors (Lipinski definition) is 0. The van der Waals surface area contributed by atoms with E-state index in [1.807, 2.05) is 12.3 Å². The summed E-state index contributed by atoms with van der Waals surface area (Å²) in [5.74, 6) is 0. The van der Waals surface area contributed by atoms with E-state index in [-0.39, 0.29) is 0 Å². The van der Waals surface area contributed by atoms with E-state index >= 15 is 0 Å². The van der Waals surface area contributed by atoms with E-state index in [0.29, 0.717) is 0 Å². The smallest absolute Gasteiger partial charge is 0.102 e. The van der Waals surface area contributed by atoms with Crippen molar-refractivity contribution in [1.29, 1.82) is 5.26 Å². The molecule has 0 aliphatic heterocycles. The molecule has 0 bridgehead atoms. The first-order chi connectivity index (χ1) is 12.0. The van der Waals surface area contributed by atoms with Gasteiger partial charge < -0.3 is 0 Å². The third-order valence-electron chi connectivity index (χ3n) is 5.21. The number of rotatable bonds is 2. The topological polar surface area (TPSA) is 36.7 Å². The second kappa shape index (κ2) is 5.82. The Labute approximate surface area is 150 Å². The zero-order chi connectivity index (χ0) is 17.6. The highest BCUT2D eigenvalue weighted by molar-refractivity contribution is 6.91. The summed E-state index contributed by atoms with van der Waals surface area (Å²) >= 11 is 0. The van der Waals surface area contributed by atoms with Gasteiger partial charge in [0.2, 0.25) is 0 Å². The fourth-order valence-electron chi connectivity index (χ4n) is 4.30. The van der Waals surface area contributed by atoms with Gasteiger partial charge in [0.1, 0.15) is 6.07 Å². The molecule has 0 unspecified atom stereocenters. The van der Waals surface area contributed by atoms with Crippen molar-refractivity contribution in [3.63, 3.8) is 0 Å². The second-order valence-electron chi connectivity index (χ2n) is 7.87. The molecule has 0 atom stereocenters. The van der Waals surface area contributed by atoms with Gasteiger partial charge in [0.15, 0.2) is 0 Å². The molecule has 1 aliphatic rings. The maximum atomic E-state index is 9.88. The lowest BCUT2D eigenvalue weighted by atomic mass is 9.94. The Morgan fingerprint density at radius 2 is 1.72 bits per heavy atom. The first-order valence-electron chi connectivity index (χ1n) is 8.95. The monoisotopic (exact) mass is 342 g/mol. The second-order valence-corrected chi connectivity index (χ2v) is 12.9. The van der Waals surface area contributed by atoms with E-state index in [9.17, 15) is 5.26 Å². The van der Waals surface area contributed by atoms with Gasteiger partial charge in [-0.15, -0.1) is 0 Å². The summed E-state index contributed by atoms with van der Waals surface area (Å²) < 4.78 is 0. The molecule has 0 spiro atoms. The number of nitrogens with zero attached hydrogens (tertiary/aromatic N) is 2. The molecule has 0 amide bonds. The Morgan fingerprint density at radius 1 is 1.00 bits per heavy atom. The van der Waals surface area contributed by atoms with E-state index in [2.05, 4.69) is 61.0 Å². The quantitative estimate of drug-likeness (QED) is 0.627. The molecule has 3 heteroatoms. The number of fused-ring (bicyclic) bond motifs is 2. The van der Waals surface area contributed by atoms with Gasteiger partial charge in [-0.25, -0.2) is 0 Å². The minimum absolute atomic E-state index is 0.808. The van der Waals surface area contributed by atoms with Crippen LogP contribution in [0.25, 0.3) is 22.0 Å².